The van der Waals surface area contributed by atoms with Gasteiger partial charge in [-0.25, -0.2) is 4.98 Å². The van der Waals surface area contributed by atoms with Gasteiger partial charge < -0.3 is 9.47 Å². The summed E-state index contributed by atoms with van der Waals surface area (Å²) in [6, 6.07) is 0. The molecule has 102 valence electrons. The van der Waals surface area contributed by atoms with Gasteiger partial charge in [0.15, 0.2) is 5.69 Å². The summed E-state index contributed by atoms with van der Waals surface area (Å²) in [5.74, 6) is 1.09. The van der Waals surface area contributed by atoms with E-state index in [4.69, 9.17) is 9.47 Å². The van der Waals surface area contributed by atoms with Gasteiger partial charge in [-0.05, 0) is 30.8 Å². The molecule has 1 aliphatic carbocycles. The number of ether oxygens (including phenoxy) is 2. The highest BCUT2D eigenvalue weighted by Crippen LogP contribution is 2.27. The van der Waals surface area contributed by atoms with Crippen molar-refractivity contribution in [3.63, 3.8) is 0 Å². The summed E-state index contributed by atoms with van der Waals surface area (Å²) in [7, 11) is 2.97. The van der Waals surface area contributed by atoms with Crippen molar-refractivity contribution in [1.29, 1.82) is 0 Å². The number of rotatable bonds is 4. The molecule has 19 heavy (non-hydrogen) atoms. The van der Waals surface area contributed by atoms with E-state index in [0.29, 0.717) is 11.8 Å². The van der Waals surface area contributed by atoms with Gasteiger partial charge in [-0.3, -0.25) is 4.79 Å². The first-order valence-corrected chi connectivity index (χ1v) is 6.34. The molecule has 5 heteroatoms. The third-order valence-corrected chi connectivity index (χ3v) is 3.30. The molecule has 1 unspecified atom stereocenters. The molecule has 0 amide bonds. The Hall–Kier alpha value is -1.91. The molecule has 0 aromatic carbocycles. The lowest BCUT2D eigenvalue weighted by atomic mass is 9.88. The fourth-order valence-corrected chi connectivity index (χ4v) is 2.08. The van der Waals surface area contributed by atoms with E-state index in [-0.39, 0.29) is 17.4 Å². The summed E-state index contributed by atoms with van der Waals surface area (Å²) in [5.41, 5.74) is 1.06. The second-order valence-corrected chi connectivity index (χ2v) is 4.71. The maximum absolute atomic E-state index is 12.4. The molecule has 0 saturated carbocycles. The normalized spacial score (nSPS) is 18.7. The van der Waals surface area contributed by atoms with E-state index in [2.05, 4.69) is 16.9 Å². The summed E-state index contributed by atoms with van der Waals surface area (Å²) in [6.07, 6.45) is 6.19. The third kappa shape index (κ3) is 2.92. The monoisotopic (exact) mass is 262 g/mol. The fourth-order valence-electron chi connectivity index (χ4n) is 2.08. The zero-order valence-electron chi connectivity index (χ0n) is 11.5. The highest BCUT2D eigenvalue weighted by Gasteiger charge is 2.22. The van der Waals surface area contributed by atoms with Crippen LogP contribution in [0.25, 0.3) is 0 Å². The van der Waals surface area contributed by atoms with Crippen LogP contribution < -0.4 is 9.47 Å². The van der Waals surface area contributed by atoms with Crippen molar-refractivity contribution in [1.82, 2.24) is 9.97 Å². The van der Waals surface area contributed by atoms with E-state index in [1.165, 1.54) is 20.4 Å². The minimum Gasteiger partial charge on any atom is -0.480 e. The SMILES string of the molecule is COc1cnc(C(=O)C2=CCC(C)CC2)c(OC)n1. The van der Waals surface area contributed by atoms with Gasteiger partial charge in [0.25, 0.3) is 0 Å². The Kier molecular flexibility index (Phi) is 4.14. The number of nitrogens with zero attached hydrogens (tertiary/aromatic N) is 2. The van der Waals surface area contributed by atoms with Crippen LogP contribution in [0, 0.1) is 5.92 Å². The van der Waals surface area contributed by atoms with Crippen molar-refractivity contribution in [3.8, 4) is 11.8 Å². The molecule has 5 nitrogen and oxygen atoms in total. The van der Waals surface area contributed by atoms with Gasteiger partial charge in [0.1, 0.15) is 0 Å². The van der Waals surface area contributed by atoms with E-state index in [1.54, 1.807) is 0 Å². The molecule has 0 aliphatic heterocycles. The largest absolute Gasteiger partial charge is 0.480 e. The molecule has 0 fully saturated rings. The molecule has 0 saturated heterocycles. The van der Waals surface area contributed by atoms with Crippen LogP contribution in [0.15, 0.2) is 17.8 Å². The number of ketones is 1. The van der Waals surface area contributed by atoms with Crippen molar-refractivity contribution in [2.75, 3.05) is 14.2 Å². The molecule has 1 heterocycles. The second kappa shape index (κ2) is 5.82. The van der Waals surface area contributed by atoms with E-state index in [0.717, 1.165) is 24.8 Å². The average Bonchev–Trinajstić information content (AvgIpc) is 2.46. The third-order valence-electron chi connectivity index (χ3n) is 3.30. The van der Waals surface area contributed by atoms with Crippen molar-refractivity contribution in [2.45, 2.75) is 26.2 Å². The Morgan fingerprint density at radius 3 is 2.74 bits per heavy atom. The first-order chi connectivity index (χ1) is 9.15. The van der Waals surface area contributed by atoms with E-state index in [1.807, 2.05) is 6.08 Å². The lowest BCUT2D eigenvalue weighted by Gasteiger charge is -2.17. The Morgan fingerprint density at radius 1 is 1.37 bits per heavy atom. The lowest BCUT2D eigenvalue weighted by Crippen LogP contribution is -2.13. The maximum atomic E-state index is 12.4. The lowest BCUT2D eigenvalue weighted by molar-refractivity contribution is 0.101. The van der Waals surface area contributed by atoms with E-state index in [9.17, 15) is 4.79 Å². The van der Waals surface area contributed by atoms with Gasteiger partial charge in [0.05, 0.1) is 20.4 Å². The van der Waals surface area contributed by atoms with Gasteiger partial charge in [0, 0.05) is 0 Å². The number of allylic oxidation sites excluding steroid dienone is 2. The molecule has 1 atom stereocenters. The zero-order chi connectivity index (χ0) is 13.8. The molecule has 1 aromatic heterocycles. The zero-order valence-corrected chi connectivity index (χ0v) is 11.5. The second-order valence-electron chi connectivity index (χ2n) is 4.71. The molecular weight excluding hydrogens is 244 g/mol. The molecule has 0 N–H and O–H groups in total. The Balaban J connectivity index is 2.28. The van der Waals surface area contributed by atoms with Crippen LogP contribution in [0.5, 0.6) is 11.8 Å². The Bertz CT molecular complexity index is 511. The van der Waals surface area contributed by atoms with Crippen LogP contribution >= 0.6 is 0 Å². The van der Waals surface area contributed by atoms with Crippen LogP contribution in [-0.4, -0.2) is 30.0 Å². The molecule has 0 radical (unpaired) electrons. The number of hydrogen-bond donors (Lipinski definition) is 0. The molecular formula is C14H18N2O3. The highest BCUT2D eigenvalue weighted by atomic mass is 16.5. The number of carbonyl (C=O) groups excluding carboxylic acids is 1. The Morgan fingerprint density at radius 2 is 2.16 bits per heavy atom. The molecule has 1 aliphatic rings. The molecule has 0 spiro atoms. The van der Waals surface area contributed by atoms with Gasteiger partial charge in [-0.15, -0.1) is 0 Å². The summed E-state index contributed by atoms with van der Waals surface area (Å²) < 4.78 is 10.1. The summed E-state index contributed by atoms with van der Waals surface area (Å²) in [4.78, 5) is 20.6. The van der Waals surface area contributed by atoms with Crippen LogP contribution in [0.3, 0.4) is 0 Å². The molecule has 0 bridgehead atoms. The number of methoxy groups -OCH3 is 2. The topological polar surface area (TPSA) is 61.3 Å². The van der Waals surface area contributed by atoms with Gasteiger partial charge in [-0.1, -0.05) is 13.0 Å². The molecule has 2 rings (SSSR count). The minimum absolute atomic E-state index is 0.0982. The van der Waals surface area contributed by atoms with E-state index < -0.39 is 0 Å². The van der Waals surface area contributed by atoms with Crippen LogP contribution in [0.1, 0.15) is 36.7 Å². The predicted octanol–water partition coefficient (Wildman–Crippen LogP) is 2.42. The van der Waals surface area contributed by atoms with Crippen molar-refractivity contribution < 1.29 is 14.3 Å². The predicted molar refractivity (Wildman–Crippen MR) is 70.6 cm³/mol. The highest BCUT2D eigenvalue weighted by molar-refractivity contribution is 6.08. The van der Waals surface area contributed by atoms with Crippen LogP contribution in [-0.2, 0) is 0 Å². The standard InChI is InChI=1S/C14H18N2O3/c1-9-4-6-10(7-5-9)13(17)12-14(19-3)16-11(18-2)8-15-12/h6,8-9H,4-5,7H2,1-3H3. The van der Waals surface area contributed by atoms with Crippen molar-refractivity contribution in [3.05, 3.63) is 23.5 Å². The first-order valence-electron chi connectivity index (χ1n) is 6.34. The fraction of sp³-hybridized carbons (Fsp3) is 0.500. The van der Waals surface area contributed by atoms with Gasteiger partial charge in [-0.2, -0.15) is 4.98 Å². The molecule has 1 aromatic rings. The van der Waals surface area contributed by atoms with Crippen molar-refractivity contribution in [2.24, 2.45) is 5.92 Å². The first kappa shape index (κ1) is 13.5. The summed E-state index contributed by atoms with van der Waals surface area (Å²) in [6.45, 7) is 2.19. The summed E-state index contributed by atoms with van der Waals surface area (Å²) in [5, 5.41) is 0. The van der Waals surface area contributed by atoms with Crippen LogP contribution in [0.4, 0.5) is 0 Å². The van der Waals surface area contributed by atoms with Gasteiger partial charge >= 0.3 is 0 Å². The Labute approximate surface area is 112 Å². The maximum Gasteiger partial charge on any atom is 0.247 e. The van der Waals surface area contributed by atoms with Crippen LogP contribution in [0.2, 0.25) is 0 Å². The summed E-state index contributed by atoms with van der Waals surface area (Å²) >= 11 is 0. The number of aromatic nitrogens is 2. The number of carbonyl (C=O) groups is 1. The number of Topliss-reactive ketones (excluding diaryl/α,β-unsaturated/α-hetero) is 1. The minimum atomic E-state index is -0.0982. The smallest absolute Gasteiger partial charge is 0.247 e. The average molecular weight is 262 g/mol. The number of hydrogen-bond acceptors (Lipinski definition) is 5. The quantitative estimate of drug-likeness (QED) is 0.780. The van der Waals surface area contributed by atoms with Gasteiger partial charge in [0.2, 0.25) is 17.5 Å². The van der Waals surface area contributed by atoms with E-state index >= 15 is 0 Å². The van der Waals surface area contributed by atoms with Crippen molar-refractivity contribution >= 4 is 5.78 Å².